The lowest BCUT2D eigenvalue weighted by atomic mass is 15.8. The average molecular weight is 240 g/mol. The first-order valence-corrected chi connectivity index (χ1v) is 4.12. The summed E-state index contributed by atoms with van der Waals surface area (Å²) < 4.78 is 39.0. The molecule has 0 amide bonds. The van der Waals surface area contributed by atoms with Crippen molar-refractivity contribution < 1.29 is 41.0 Å². The minimum absolute atomic E-state index is 2.07. The third-order valence-corrected chi connectivity index (χ3v) is 2.12. The molecule has 0 radical (unpaired) electrons. The topological polar surface area (TPSA) is 86.7 Å². The van der Waals surface area contributed by atoms with Crippen LogP contribution in [0.1, 0.15) is 0 Å². The fourth-order valence-electron chi connectivity index (χ4n) is 0.0325. The summed E-state index contributed by atoms with van der Waals surface area (Å²) >= 11 is -2.07. The highest BCUT2D eigenvalue weighted by Gasteiger charge is 2.09. The molecule has 5 nitrogen and oxygen atoms in total. The molecule has 0 aliphatic rings. The van der Waals surface area contributed by atoms with Crippen molar-refractivity contribution in [3.8, 4) is 0 Å². The van der Waals surface area contributed by atoms with Gasteiger partial charge in [-0.2, -0.15) is 8.42 Å². The molecule has 0 aliphatic carbocycles. The normalized spacial score (nSPS) is 11.7. The fourth-order valence-corrected chi connectivity index (χ4v) is 0.654. The maximum atomic E-state index is 9.39. The van der Waals surface area contributed by atoms with Gasteiger partial charge in [-0.3, -0.25) is 4.55 Å². The van der Waals surface area contributed by atoms with Gasteiger partial charge in [-0.1, -0.05) is 0 Å². The first kappa shape index (κ1) is 7.56. The van der Waals surface area contributed by atoms with Gasteiger partial charge in [0.15, 0.2) is 0 Å². The molecule has 0 aromatic heterocycles. The smallest absolute Gasteiger partial charge is 0.474 e. The van der Waals surface area contributed by atoms with Crippen molar-refractivity contribution in [3.63, 3.8) is 0 Å². The van der Waals surface area contributed by atoms with Crippen molar-refractivity contribution in [1.29, 1.82) is 0 Å². The van der Waals surface area contributed by atoms with E-state index in [0.29, 0.717) is 0 Å². The highest BCUT2D eigenvalue weighted by molar-refractivity contribution is 7.80. The molecule has 0 aromatic carbocycles. The van der Waals surface area contributed by atoms with Crippen molar-refractivity contribution in [2.75, 3.05) is 0 Å². The Morgan fingerprint density at radius 2 is 2.14 bits per heavy atom. The Hall–Kier alpha value is 0.560. The standard InChI is InChI=1S/HIO5S/c2-1-6-7(3,4)5/h(H,3,4,5). The van der Waals surface area contributed by atoms with Gasteiger partial charge in [-0.25, -0.2) is 0 Å². The van der Waals surface area contributed by atoms with Crippen LogP contribution in [-0.4, -0.2) is 13.0 Å². The number of hydrogen-bond donors (Lipinski definition) is 1. The number of hydrogen-bond acceptors (Lipinski definition) is 4. The number of halogens is 1. The lowest BCUT2D eigenvalue weighted by Crippen LogP contribution is -3.70. The van der Waals surface area contributed by atoms with Crippen LogP contribution in [0.2, 0.25) is 0 Å². The second kappa shape index (κ2) is 2.77. The van der Waals surface area contributed by atoms with Gasteiger partial charge in [0.05, 0.1) is 0 Å². The molecule has 0 spiro atoms. The molecule has 0 atom stereocenters. The lowest BCUT2D eigenvalue weighted by molar-refractivity contribution is -1.25. The summed E-state index contributed by atoms with van der Waals surface area (Å²) in [5.74, 6) is 0. The summed E-state index contributed by atoms with van der Waals surface area (Å²) in [6.45, 7) is 0. The zero-order chi connectivity index (χ0) is 5.91. The van der Waals surface area contributed by atoms with Crippen LogP contribution in [-0.2, 0) is 12.9 Å². The van der Waals surface area contributed by atoms with Crippen LogP contribution in [0.15, 0.2) is 0 Å². The Morgan fingerprint density at radius 3 is 2.14 bits per heavy atom. The van der Waals surface area contributed by atoms with E-state index in [9.17, 15) is 11.9 Å². The summed E-state index contributed by atoms with van der Waals surface area (Å²) in [7, 11) is -4.44. The van der Waals surface area contributed by atoms with E-state index in [1.807, 2.05) is 0 Å². The highest BCUT2D eigenvalue weighted by atomic mass is 127. The second-order valence-corrected chi connectivity index (χ2v) is 2.97. The van der Waals surface area contributed by atoms with Gasteiger partial charge in [0.2, 0.25) is 0 Å². The van der Waals surface area contributed by atoms with Gasteiger partial charge in [0.1, 0.15) is 0 Å². The zero-order valence-electron chi connectivity index (χ0n) is 2.87. The third-order valence-electron chi connectivity index (χ3n) is 0.105. The van der Waals surface area contributed by atoms with E-state index in [1.54, 1.807) is 0 Å². The molecule has 0 unspecified atom stereocenters. The SMILES string of the molecule is O=S(=O)(O)O[I+][O-]. The Kier molecular flexibility index (Phi) is 2.99. The van der Waals surface area contributed by atoms with Crippen molar-refractivity contribution in [3.05, 3.63) is 0 Å². The lowest BCUT2D eigenvalue weighted by Gasteiger charge is -1.77. The highest BCUT2D eigenvalue weighted by Crippen LogP contribution is 1.67. The summed E-state index contributed by atoms with van der Waals surface area (Å²) in [6.07, 6.45) is 0. The predicted molar refractivity (Wildman–Crippen MR) is 12.6 cm³/mol. The van der Waals surface area contributed by atoms with Crippen molar-refractivity contribution >= 4 is 10.4 Å². The van der Waals surface area contributed by atoms with E-state index in [1.165, 1.54) is 0 Å². The van der Waals surface area contributed by atoms with E-state index >= 15 is 0 Å². The summed E-state index contributed by atoms with van der Waals surface area (Å²) in [5, 5.41) is 0. The molecule has 0 bridgehead atoms. The van der Waals surface area contributed by atoms with Gasteiger partial charge in [0.25, 0.3) is 0 Å². The predicted octanol–water partition coefficient (Wildman–Crippen LogP) is -4.91. The fraction of sp³-hybridized carbons (Fsp3) is 0. The summed E-state index contributed by atoms with van der Waals surface area (Å²) in [6, 6.07) is 0. The molecule has 0 fully saturated rings. The molecule has 0 rings (SSSR count). The molecule has 0 saturated heterocycles. The zero-order valence-corrected chi connectivity index (χ0v) is 5.84. The maximum Gasteiger partial charge on any atom is 0.474 e. The molecule has 0 aromatic rings. The quantitative estimate of drug-likeness (QED) is 0.386. The molecule has 44 valence electrons. The third kappa shape index (κ3) is 6.56. The van der Waals surface area contributed by atoms with E-state index < -0.39 is 32.4 Å². The van der Waals surface area contributed by atoms with Gasteiger partial charge in [0, 0.05) is 2.51 Å². The molecule has 0 heterocycles. The first-order chi connectivity index (χ1) is 3.06. The van der Waals surface area contributed by atoms with E-state index in [0.717, 1.165) is 0 Å². The molecule has 0 aliphatic heterocycles. The van der Waals surface area contributed by atoms with Crippen LogP contribution >= 0.6 is 0 Å². The van der Waals surface area contributed by atoms with Crippen LogP contribution in [0.25, 0.3) is 0 Å². The van der Waals surface area contributed by atoms with Crippen molar-refractivity contribution in [2.45, 2.75) is 0 Å². The van der Waals surface area contributed by atoms with E-state index in [-0.39, 0.29) is 0 Å². The minimum Gasteiger partial charge on any atom is -0.566 e. The van der Waals surface area contributed by atoms with Crippen LogP contribution in [0.3, 0.4) is 0 Å². The Morgan fingerprint density at radius 1 is 1.71 bits per heavy atom. The van der Waals surface area contributed by atoms with E-state index in [2.05, 4.69) is 2.51 Å². The number of rotatable bonds is 2. The molecule has 7 heavy (non-hydrogen) atoms. The van der Waals surface area contributed by atoms with Crippen LogP contribution in [0.5, 0.6) is 0 Å². The molecule has 1 N–H and O–H groups in total. The molecular weight excluding hydrogens is 239 g/mol. The average Bonchev–Trinajstić information content (AvgIpc) is 1.30. The Labute approximate surface area is 51.6 Å². The molecule has 7 heteroatoms. The maximum absolute atomic E-state index is 9.39. The minimum atomic E-state index is -4.44. The summed E-state index contributed by atoms with van der Waals surface area (Å²) in [5.41, 5.74) is 0. The largest absolute Gasteiger partial charge is 0.566 e. The Balaban J connectivity index is 3.60. The van der Waals surface area contributed by atoms with Gasteiger partial charge >= 0.3 is 32.4 Å². The van der Waals surface area contributed by atoms with Crippen LogP contribution in [0, 0.1) is 0 Å². The summed E-state index contributed by atoms with van der Waals surface area (Å²) in [4.78, 5) is 0. The first-order valence-electron chi connectivity index (χ1n) is 0.991. The van der Waals surface area contributed by atoms with Crippen molar-refractivity contribution in [1.82, 2.24) is 0 Å². The van der Waals surface area contributed by atoms with Crippen LogP contribution < -0.4 is 25.5 Å². The second-order valence-electron chi connectivity index (χ2n) is 0.554. The van der Waals surface area contributed by atoms with E-state index in [4.69, 9.17) is 4.55 Å². The molecular formula is HIO5S. The van der Waals surface area contributed by atoms with Gasteiger partial charge < -0.3 is 3.44 Å². The Bertz CT molecular complexity index is 121. The van der Waals surface area contributed by atoms with Crippen molar-refractivity contribution in [2.24, 2.45) is 0 Å². The molecule has 0 saturated carbocycles. The van der Waals surface area contributed by atoms with Gasteiger partial charge in [-0.15, -0.1) is 0 Å². The van der Waals surface area contributed by atoms with Gasteiger partial charge in [-0.05, 0) is 0 Å². The van der Waals surface area contributed by atoms with Crippen LogP contribution in [0.4, 0.5) is 0 Å². The monoisotopic (exact) mass is 240 g/mol.